The highest BCUT2D eigenvalue weighted by molar-refractivity contribution is 5.98. The van der Waals surface area contributed by atoms with Crippen molar-refractivity contribution in [2.24, 2.45) is 10.8 Å². The van der Waals surface area contributed by atoms with E-state index < -0.39 is 11.4 Å². The minimum atomic E-state index is -0.808. The Hall–Kier alpha value is -4.40. The zero-order chi connectivity index (χ0) is 32.5. The lowest BCUT2D eigenvalue weighted by Crippen LogP contribution is -2.46. The Kier molecular flexibility index (Phi) is 11.2. The molecule has 1 N–H and O–H groups in total. The van der Waals surface area contributed by atoms with Crippen LogP contribution in [0.2, 0.25) is 0 Å². The average molecular weight is 617 g/mol. The number of hydrogen-bond donors (Lipinski definition) is 1. The number of benzene rings is 2. The molecule has 1 spiro atoms. The molecule has 0 atom stereocenters. The van der Waals surface area contributed by atoms with Crippen LogP contribution in [-0.4, -0.2) is 65.0 Å². The fraction of sp³-hybridized carbons (Fsp3) is 0.444. The van der Waals surface area contributed by atoms with Gasteiger partial charge in [0.05, 0.1) is 5.41 Å². The van der Waals surface area contributed by atoms with Gasteiger partial charge < -0.3 is 24.4 Å². The number of ether oxygens (including phenoxy) is 2. The number of allylic oxidation sites excluding steroid dienone is 3. The smallest absolute Gasteiger partial charge is 0.410 e. The molecule has 9 heteroatoms. The number of likely N-dealkylation sites (tertiary alicyclic amines) is 2. The van der Waals surface area contributed by atoms with Crippen molar-refractivity contribution in [1.29, 1.82) is 0 Å². The van der Waals surface area contributed by atoms with Crippen molar-refractivity contribution in [1.82, 2.24) is 9.80 Å². The summed E-state index contributed by atoms with van der Waals surface area (Å²) in [5.41, 5.74) is 2.87. The van der Waals surface area contributed by atoms with Crippen molar-refractivity contribution in [3.05, 3.63) is 95.6 Å². The first kappa shape index (κ1) is 33.5. The van der Waals surface area contributed by atoms with E-state index in [2.05, 4.69) is 6.58 Å². The standard InChI is InChI=1S/C18H23NO4.C18H21NO3/c1-14(2)12-18(16(20)21)8-10-19(11-9-18)17(22)23-13-15-6-4-3-5-7-15;1-14-11-16(20)18(12-14)7-9-19(10-8-18)17(21)22-13-15-5-3-2-4-6-15/h3-7H,1,8-13H2,2H3,(H,20,21);2-6,11H,7-10,12-13H2,1H3. The van der Waals surface area contributed by atoms with Gasteiger partial charge in [0.25, 0.3) is 0 Å². The number of carboxylic acids is 1. The van der Waals surface area contributed by atoms with Crippen LogP contribution in [0.5, 0.6) is 0 Å². The fourth-order valence-corrected chi connectivity index (χ4v) is 6.37. The average Bonchev–Trinajstić information content (AvgIpc) is 3.31. The van der Waals surface area contributed by atoms with Gasteiger partial charge in [-0.1, -0.05) is 71.8 Å². The highest BCUT2D eigenvalue weighted by atomic mass is 16.6. The van der Waals surface area contributed by atoms with Crippen LogP contribution in [0.15, 0.2) is 84.5 Å². The first-order chi connectivity index (χ1) is 21.5. The third-order valence-electron chi connectivity index (χ3n) is 8.98. The molecule has 3 aliphatic rings. The van der Waals surface area contributed by atoms with Gasteiger partial charge in [0, 0.05) is 31.6 Å². The summed E-state index contributed by atoms with van der Waals surface area (Å²) in [6.45, 7) is 10.2. The number of nitrogens with zero attached hydrogens (tertiary/aromatic N) is 2. The van der Waals surface area contributed by atoms with Gasteiger partial charge in [0.2, 0.25) is 0 Å². The van der Waals surface area contributed by atoms with Gasteiger partial charge in [-0.05, 0) is 69.6 Å². The van der Waals surface area contributed by atoms with Crippen molar-refractivity contribution >= 4 is 23.9 Å². The molecule has 0 aromatic heterocycles. The number of piperidine rings is 2. The Labute approximate surface area is 265 Å². The van der Waals surface area contributed by atoms with Crippen molar-refractivity contribution in [3.8, 4) is 0 Å². The first-order valence-electron chi connectivity index (χ1n) is 15.5. The predicted molar refractivity (Wildman–Crippen MR) is 170 cm³/mol. The van der Waals surface area contributed by atoms with Crippen molar-refractivity contribution < 1.29 is 33.8 Å². The fourth-order valence-electron chi connectivity index (χ4n) is 6.37. The van der Waals surface area contributed by atoms with Gasteiger partial charge in [0.15, 0.2) is 5.78 Å². The molecule has 2 heterocycles. The second-order valence-electron chi connectivity index (χ2n) is 12.6. The van der Waals surface area contributed by atoms with Crippen LogP contribution in [0, 0.1) is 10.8 Å². The van der Waals surface area contributed by atoms with Gasteiger partial charge in [0.1, 0.15) is 13.2 Å². The molecule has 0 bridgehead atoms. The number of carbonyl (C=O) groups excluding carboxylic acids is 3. The van der Waals surface area contributed by atoms with Crippen LogP contribution in [0.3, 0.4) is 0 Å². The van der Waals surface area contributed by atoms with Crippen LogP contribution in [0.25, 0.3) is 0 Å². The number of rotatable bonds is 7. The molecule has 0 radical (unpaired) electrons. The van der Waals surface area contributed by atoms with E-state index in [0.717, 1.165) is 41.5 Å². The van der Waals surface area contributed by atoms with Gasteiger partial charge >= 0.3 is 18.2 Å². The van der Waals surface area contributed by atoms with Gasteiger partial charge in [-0.15, -0.1) is 6.58 Å². The lowest BCUT2D eigenvalue weighted by atomic mass is 9.74. The molecule has 0 unspecified atom stereocenters. The van der Waals surface area contributed by atoms with Crippen molar-refractivity contribution in [2.75, 3.05) is 26.2 Å². The summed E-state index contributed by atoms with van der Waals surface area (Å²) in [6, 6.07) is 19.1. The molecule has 9 nitrogen and oxygen atoms in total. The summed E-state index contributed by atoms with van der Waals surface area (Å²) in [6.07, 6.45) is 4.72. The second kappa shape index (κ2) is 15.1. The summed E-state index contributed by atoms with van der Waals surface area (Å²) < 4.78 is 10.7. The predicted octanol–water partition coefficient (Wildman–Crippen LogP) is 6.78. The number of aliphatic carboxylic acids is 1. The van der Waals surface area contributed by atoms with Gasteiger partial charge in [-0.2, -0.15) is 0 Å². The van der Waals surface area contributed by atoms with E-state index in [1.54, 1.807) is 15.9 Å². The maximum atomic E-state index is 12.1. The zero-order valence-corrected chi connectivity index (χ0v) is 26.3. The monoisotopic (exact) mass is 616 g/mol. The van der Waals surface area contributed by atoms with E-state index >= 15 is 0 Å². The maximum absolute atomic E-state index is 12.1. The van der Waals surface area contributed by atoms with Gasteiger partial charge in [-0.25, -0.2) is 9.59 Å². The van der Waals surface area contributed by atoms with Gasteiger partial charge in [-0.3, -0.25) is 9.59 Å². The number of carboxylic acid groups (broad SMARTS) is 1. The largest absolute Gasteiger partial charge is 0.481 e. The molecule has 45 heavy (non-hydrogen) atoms. The minimum absolute atomic E-state index is 0.228. The van der Waals surface area contributed by atoms with Crippen LogP contribution in [0.1, 0.15) is 63.5 Å². The molecule has 2 aromatic carbocycles. The molecule has 1 aliphatic carbocycles. The van der Waals surface area contributed by atoms with E-state index in [0.29, 0.717) is 52.0 Å². The van der Waals surface area contributed by atoms with E-state index in [-0.39, 0.29) is 30.0 Å². The Morgan fingerprint density at radius 1 is 0.800 bits per heavy atom. The molecule has 2 saturated heterocycles. The van der Waals surface area contributed by atoms with Crippen molar-refractivity contribution in [2.45, 2.75) is 65.6 Å². The summed E-state index contributed by atoms with van der Waals surface area (Å²) >= 11 is 0. The summed E-state index contributed by atoms with van der Waals surface area (Å²) in [5.74, 6) is -0.569. The van der Waals surface area contributed by atoms with Crippen LogP contribution in [-0.2, 0) is 32.3 Å². The number of carbonyl (C=O) groups is 4. The first-order valence-corrected chi connectivity index (χ1v) is 15.5. The lowest BCUT2D eigenvalue weighted by molar-refractivity contribution is -0.151. The Morgan fingerprint density at radius 2 is 1.24 bits per heavy atom. The second-order valence-corrected chi connectivity index (χ2v) is 12.6. The maximum Gasteiger partial charge on any atom is 0.410 e. The molecule has 2 aromatic rings. The Bertz CT molecular complexity index is 1390. The van der Waals surface area contributed by atoms with Crippen molar-refractivity contribution in [3.63, 3.8) is 0 Å². The normalized spacial score (nSPS) is 18.4. The van der Waals surface area contributed by atoms with E-state index in [9.17, 15) is 24.3 Å². The molecular formula is C36H44N2O7. The van der Waals surface area contributed by atoms with Crippen LogP contribution < -0.4 is 0 Å². The molecule has 2 aliphatic heterocycles. The van der Waals surface area contributed by atoms with E-state index in [1.807, 2.05) is 74.5 Å². The molecule has 2 amide bonds. The third kappa shape index (κ3) is 8.84. The quantitative estimate of drug-likeness (QED) is 0.341. The summed E-state index contributed by atoms with van der Waals surface area (Å²) in [4.78, 5) is 51.3. The molecule has 2 fully saturated rings. The van der Waals surface area contributed by atoms with Crippen LogP contribution in [0.4, 0.5) is 9.59 Å². The molecule has 5 rings (SSSR count). The highest BCUT2D eigenvalue weighted by Gasteiger charge is 2.44. The summed E-state index contributed by atoms with van der Waals surface area (Å²) in [5, 5.41) is 9.54. The SMILES string of the molecule is C=C(C)CC1(C(=O)O)CCN(C(=O)OCc2ccccc2)CC1.CC1=CC(=O)C2(CCN(C(=O)OCc3ccccc3)CC2)C1. The van der Waals surface area contributed by atoms with E-state index in [1.165, 1.54) is 0 Å². The number of ketones is 1. The Balaban J connectivity index is 0.000000205. The molecular weight excluding hydrogens is 572 g/mol. The lowest BCUT2D eigenvalue weighted by Gasteiger charge is -2.38. The highest BCUT2D eigenvalue weighted by Crippen LogP contribution is 2.43. The topological polar surface area (TPSA) is 113 Å². The van der Waals surface area contributed by atoms with E-state index in [4.69, 9.17) is 9.47 Å². The Morgan fingerprint density at radius 3 is 1.62 bits per heavy atom. The zero-order valence-electron chi connectivity index (χ0n) is 26.3. The summed E-state index contributed by atoms with van der Waals surface area (Å²) in [7, 11) is 0. The number of hydrogen-bond acceptors (Lipinski definition) is 6. The molecule has 0 saturated carbocycles. The third-order valence-corrected chi connectivity index (χ3v) is 8.98. The minimum Gasteiger partial charge on any atom is -0.481 e. The number of amides is 2. The molecule has 240 valence electrons. The van der Waals surface area contributed by atoms with Crippen LogP contribution >= 0.6 is 0 Å².